The molecule has 1 heterocycles. The van der Waals surface area contributed by atoms with Crippen molar-refractivity contribution in [3.8, 4) is 0 Å². The number of hydrogen-bond donors (Lipinski definition) is 2. The van der Waals surface area contributed by atoms with Crippen LogP contribution in [0.3, 0.4) is 0 Å². The average Bonchev–Trinajstić information content (AvgIpc) is 2.79. The van der Waals surface area contributed by atoms with E-state index in [2.05, 4.69) is 10.3 Å². The minimum absolute atomic E-state index is 0.0258. The zero-order valence-electron chi connectivity index (χ0n) is 18.4. The average molecular weight is 479 g/mol. The van der Waals surface area contributed by atoms with Crippen LogP contribution in [-0.4, -0.2) is 58.6 Å². The largest absolute Gasteiger partial charge is 0.458 e. The fourth-order valence-corrected chi connectivity index (χ4v) is 4.19. The summed E-state index contributed by atoms with van der Waals surface area (Å²) in [5, 5.41) is 0. The number of hydrogen-bond acceptors (Lipinski definition) is 9. The maximum Gasteiger partial charge on any atom is 0.338 e. The van der Waals surface area contributed by atoms with Gasteiger partial charge in [0.05, 0.1) is 17.1 Å². The summed E-state index contributed by atoms with van der Waals surface area (Å²) in [4.78, 5) is 26.6. The van der Waals surface area contributed by atoms with Gasteiger partial charge in [0.1, 0.15) is 12.1 Å². The van der Waals surface area contributed by atoms with E-state index in [0.717, 1.165) is 5.56 Å². The lowest BCUT2D eigenvalue weighted by Crippen LogP contribution is -2.65. The Bertz CT molecular complexity index is 1060. The van der Waals surface area contributed by atoms with Crippen LogP contribution in [0.1, 0.15) is 22.8 Å². The highest BCUT2D eigenvalue weighted by molar-refractivity contribution is 7.89. The number of aryl methyl sites for hydroxylation is 1. The van der Waals surface area contributed by atoms with Crippen LogP contribution < -0.4 is 10.3 Å². The molecule has 33 heavy (non-hydrogen) atoms. The lowest BCUT2D eigenvalue weighted by molar-refractivity contribution is -0.241. The van der Waals surface area contributed by atoms with Crippen molar-refractivity contribution in [2.45, 2.75) is 43.3 Å². The van der Waals surface area contributed by atoms with E-state index in [1.807, 2.05) is 6.92 Å². The van der Waals surface area contributed by atoms with Crippen LogP contribution in [0.5, 0.6) is 0 Å². The van der Waals surface area contributed by atoms with E-state index < -0.39 is 46.5 Å². The van der Waals surface area contributed by atoms with Crippen molar-refractivity contribution >= 4 is 22.0 Å². The fourth-order valence-electron chi connectivity index (χ4n) is 3.28. The van der Waals surface area contributed by atoms with E-state index >= 15 is 0 Å². The zero-order valence-corrected chi connectivity index (χ0v) is 19.2. The topological polar surface area (TPSA) is 129 Å². The summed E-state index contributed by atoms with van der Waals surface area (Å²) in [6.07, 6.45) is -3.16. The van der Waals surface area contributed by atoms with Gasteiger partial charge in [-0.25, -0.2) is 18.6 Å². The van der Waals surface area contributed by atoms with Gasteiger partial charge in [0.2, 0.25) is 0 Å². The Hall–Kier alpha value is -2.83. The molecule has 0 unspecified atom stereocenters. The van der Waals surface area contributed by atoms with Gasteiger partial charge in [-0.05, 0) is 31.2 Å². The van der Waals surface area contributed by atoms with E-state index in [4.69, 9.17) is 18.9 Å². The molecule has 2 aromatic carbocycles. The first-order valence-electron chi connectivity index (χ1n) is 10.1. The van der Waals surface area contributed by atoms with Gasteiger partial charge in [-0.3, -0.25) is 4.79 Å². The van der Waals surface area contributed by atoms with Crippen molar-refractivity contribution in [1.29, 1.82) is 0 Å². The third kappa shape index (κ3) is 6.36. The first kappa shape index (κ1) is 24.8. The molecule has 10 nitrogen and oxygen atoms in total. The molecule has 0 spiro atoms. The van der Waals surface area contributed by atoms with Gasteiger partial charge in [0, 0.05) is 14.0 Å². The normalized spacial score (nSPS) is 23.0. The number of rotatable bonds is 8. The van der Waals surface area contributed by atoms with Gasteiger partial charge in [-0.1, -0.05) is 35.9 Å². The van der Waals surface area contributed by atoms with E-state index in [1.165, 1.54) is 26.2 Å². The fraction of sp³-hybridized carbons (Fsp3) is 0.364. The standard InChI is InChI=1S/C22H26N2O8S/c1-14-9-11-17(12-10-14)33(27,28)24-23-19-18(31-15(2)25)13-30-22(29-3)20(19)32-21(26)16-7-5-4-6-8-16/h4-12,18-20,22-24H,13H2,1-3H3/t18-,19+,20+,22-/m0/s1. The Morgan fingerprint density at radius 3 is 2.30 bits per heavy atom. The number of carbonyl (C=O) groups is 2. The first-order chi connectivity index (χ1) is 15.7. The summed E-state index contributed by atoms with van der Waals surface area (Å²) in [5.41, 5.74) is 3.83. The van der Waals surface area contributed by atoms with Crippen LogP contribution in [0.25, 0.3) is 0 Å². The molecule has 2 N–H and O–H groups in total. The van der Waals surface area contributed by atoms with Gasteiger partial charge in [-0.15, -0.1) is 4.83 Å². The third-order valence-electron chi connectivity index (χ3n) is 4.94. The number of sulfonamides is 1. The molecule has 1 aliphatic rings. The second-order valence-corrected chi connectivity index (χ2v) is 9.09. The maximum atomic E-state index is 12.8. The van der Waals surface area contributed by atoms with Gasteiger partial charge < -0.3 is 18.9 Å². The molecule has 0 amide bonds. The SMILES string of the molecule is CO[C@H]1OC[C@H](OC(C)=O)[C@@H](NNS(=O)(=O)c2ccc(C)cc2)[C@H]1OC(=O)c1ccccc1. The molecule has 1 fully saturated rings. The lowest BCUT2D eigenvalue weighted by Gasteiger charge is -2.40. The van der Waals surface area contributed by atoms with Crippen LogP contribution in [0.4, 0.5) is 0 Å². The summed E-state index contributed by atoms with van der Waals surface area (Å²) in [5.74, 6) is -1.29. The summed E-state index contributed by atoms with van der Waals surface area (Å²) >= 11 is 0. The molecule has 0 aromatic heterocycles. The molecule has 0 radical (unpaired) electrons. The van der Waals surface area contributed by atoms with Gasteiger partial charge >= 0.3 is 11.9 Å². The number of benzene rings is 2. The van der Waals surface area contributed by atoms with Crippen molar-refractivity contribution in [3.63, 3.8) is 0 Å². The molecule has 1 aliphatic heterocycles. The molecular formula is C22H26N2O8S. The number of hydrazine groups is 1. The highest BCUT2D eigenvalue weighted by Gasteiger charge is 2.45. The number of ether oxygens (including phenoxy) is 4. The number of methoxy groups -OCH3 is 1. The summed E-state index contributed by atoms with van der Waals surface area (Å²) in [6, 6.07) is 13.5. The number of nitrogens with one attached hydrogen (secondary N) is 2. The van der Waals surface area contributed by atoms with Crippen molar-refractivity contribution in [1.82, 2.24) is 10.3 Å². The predicted octanol–water partition coefficient (Wildman–Crippen LogP) is 1.31. The van der Waals surface area contributed by atoms with Gasteiger partial charge in [0.15, 0.2) is 12.4 Å². The zero-order chi connectivity index (χ0) is 24.0. The second-order valence-electron chi connectivity index (χ2n) is 7.41. The van der Waals surface area contributed by atoms with Crippen LogP contribution >= 0.6 is 0 Å². The van der Waals surface area contributed by atoms with E-state index in [9.17, 15) is 18.0 Å². The second kappa shape index (κ2) is 10.9. The van der Waals surface area contributed by atoms with Crippen LogP contribution in [0.15, 0.2) is 59.5 Å². The van der Waals surface area contributed by atoms with Crippen LogP contribution in [-0.2, 0) is 33.8 Å². The summed E-state index contributed by atoms with van der Waals surface area (Å²) in [6.45, 7) is 2.94. The highest BCUT2D eigenvalue weighted by atomic mass is 32.2. The van der Waals surface area contributed by atoms with Crippen molar-refractivity contribution in [2.75, 3.05) is 13.7 Å². The number of carbonyl (C=O) groups excluding carboxylic acids is 2. The Kier molecular flexibility index (Phi) is 8.16. The quantitative estimate of drug-likeness (QED) is 0.426. The van der Waals surface area contributed by atoms with E-state index in [0.29, 0.717) is 0 Å². The number of esters is 2. The van der Waals surface area contributed by atoms with Gasteiger partial charge in [0.25, 0.3) is 10.0 Å². The van der Waals surface area contributed by atoms with Crippen LogP contribution in [0.2, 0.25) is 0 Å². The van der Waals surface area contributed by atoms with E-state index in [1.54, 1.807) is 42.5 Å². The van der Waals surface area contributed by atoms with Crippen molar-refractivity contribution < 1.29 is 37.0 Å². The van der Waals surface area contributed by atoms with Crippen molar-refractivity contribution in [2.24, 2.45) is 0 Å². The molecule has 0 saturated carbocycles. The third-order valence-corrected chi connectivity index (χ3v) is 6.22. The Labute approximate surface area is 192 Å². The Morgan fingerprint density at radius 2 is 1.70 bits per heavy atom. The predicted molar refractivity (Wildman–Crippen MR) is 116 cm³/mol. The monoisotopic (exact) mass is 478 g/mol. The molecule has 4 atom stereocenters. The van der Waals surface area contributed by atoms with Gasteiger partial charge in [-0.2, -0.15) is 0 Å². The molecule has 1 saturated heterocycles. The Morgan fingerprint density at radius 1 is 1.03 bits per heavy atom. The summed E-state index contributed by atoms with van der Waals surface area (Å²) in [7, 11) is -2.63. The highest BCUT2D eigenvalue weighted by Crippen LogP contribution is 2.23. The molecule has 0 aliphatic carbocycles. The first-order valence-corrected chi connectivity index (χ1v) is 11.6. The smallest absolute Gasteiger partial charge is 0.338 e. The van der Waals surface area contributed by atoms with Crippen molar-refractivity contribution in [3.05, 3.63) is 65.7 Å². The van der Waals surface area contributed by atoms with E-state index in [-0.39, 0.29) is 17.1 Å². The van der Waals surface area contributed by atoms with Crippen LogP contribution in [0, 0.1) is 6.92 Å². The molecule has 3 rings (SSSR count). The minimum Gasteiger partial charge on any atom is -0.458 e. The summed E-state index contributed by atoms with van der Waals surface area (Å²) < 4.78 is 47.3. The molecule has 11 heteroatoms. The Balaban J connectivity index is 1.85. The minimum atomic E-state index is -3.98. The molecule has 178 valence electrons. The molecule has 0 bridgehead atoms. The maximum absolute atomic E-state index is 12.8. The lowest BCUT2D eigenvalue weighted by atomic mass is 10.0. The molecular weight excluding hydrogens is 452 g/mol. The molecule has 2 aromatic rings.